The molecule has 1 aromatic heterocycles. The van der Waals surface area contributed by atoms with Gasteiger partial charge in [-0.3, -0.25) is 4.79 Å². The Morgan fingerprint density at radius 1 is 0.879 bits per heavy atom. The minimum atomic E-state index is -0.314. The first-order valence-corrected chi connectivity index (χ1v) is 11.3. The summed E-state index contributed by atoms with van der Waals surface area (Å²) in [6.07, 6.45) is 0. The number of rotatable bonds is 6. The lowest BCUT2D eigenvalue weighted by molar-refractivity contribution is -0.118. The van der Waals surface area contributed by atoms with Crippen molar-refractivity contribution in [2.45, 2.75) is 0 Å². The Kier molecular flexibility index (Phi) is 5.83. The van der Waals surface area contributed by atoms with E-state index in [1.54, 1.807) is 18.2 Å². The van der Waals surface area contributed by atoms with E-state index >= 15 is 0 Å². The zero-order valence-electron chi connectivity index (χ0n) is 17.5. The summed E-state index contributed by atoms with van der Waals surface area (Å²) in [4.78, 5) is 17.3. The second-order valence-corrected chi connectivity index (χ2v) is 8.24. The molecule has 0 bridgehead atoms. The third-order valence-electron chi connectivity index (χ3n) is 5.19. The quantitative estimate of drug-likeness (QED) is 0.307. The van der Waals surface area contributed by atoms with E-state index in [1.807, 2.05) is 72.1 Å². The van der Waals surface area contributed by atoms with E-state index in [4.69, 9.17) is 4.74 Å². The summed E-state index contributed by atoms with van der Waals surface area (Å²) in [5.74, 6) is 0.0658. The Morgan fingerprint density at radius 2 is 1.61 bits per heavy atom. The van der Waals surface area contributed by atoms with Gasteiger partial charge in [-0.2, -0.15) is 0 Å². The molecule has 0 fully saturated rings. The van der Waals surface area contributed by atoms with Crippen LogP contribution in [0.25, 0.3) is 32.6 Å². The summed E-state index contributed by atoms with van der Waals surface area (Å²) in [6.45, 7) is -0.125. The average Bonchev–Trinajstić information content (AvgIpc) is 3.33. The highest BCUT2D eigenvalue weighted by atomic mass is 32.1. The molecule has 162 valence electrons. The number of benzene rings is 4. The summed E-state index contributed by atoms with van der Waals surface area (Å²) in [5.41, 5.74) is 2.51. The van der Waals surface area contributed by atoms with Crippen LogP contribution in [0.15, 0.2) is 96.4 Å². The highest BCUT2D eigenvalue weighted by molar-refractivity contribution is 7.13. The number of nitrogens with zero attached hydrogens (tertiary/aromatic N) is 1. The molecule has 0 spiro atoms. The molecule has 0 radical (unpaired) electrons. The number of nitrogens with one attached hydrogen (secondary N) is 1. The highest BCUT2D eigenvalue weighted by Crippen LogP contribution is 2.33. The van der Waals surface area contributed by atoms with Crippen molar-refractivity contribution < 1.29 is 13.9 Å². The molecule has 0 unspecified atom stereocenters. The molecule has 0 atom stereocenters. The normalized spacial score (nSPS) is 10.8. The molecule has 0 saturated carbocycles. The molecule has 1 N–H and O–H groups in total. The molecule has 4 aromatic carbocycles. The lowest BCUT2D eigenvalue weighted by Gasteiger charge is -2.12. The van der Waals surface area contributed by atoms with Crippen LogP contribution in [-0.2, 0) is 4.79 Å². The standard InChI is InChI=1S/C27H19FN2O2S/c28-22-13-5-3-11-20(22)27-30-24(17-33-27)21-12-4-6-14-23(21)29-26(31)16-32-25-15-7-9-18-8-1-2-10-19(18)25/h1-15,17H,16H2,(H,29,31). The monoisotopic (exact) mass is 454 g/mol. The fraction of sp³-hybridized carbons (Fsp3) is 0.0370. The summed E-state index contributed by atoms with van der Waals surface area (Å²) < 4.78 is 20.0. The van der Waals surface area contributed by atoms with Gasteiger partial charge in [0.15, 0.2) is 6.61 Å². The van der Waals surface area contributed by atoms with Gasteiger partial charge in [-0.25, -0.2) is 9.37 Å². The van der Waals surface area contributed by atoms with E-state index in [9.17, 15) is 9.18 Å². The zero-order valence-corrected chi connectivity index (χ0v) is 18.3. The van der Waals surface area contributed by atoms with Gasteiger partial charge in [0.1, 0.15) is 16.6 Å². The minimum absolute atomic E-state index is 0.125. The Hall–Kier alpha value is -4.03. The number of carbonyl (C=O) groups is 1. The van der Waals surface area contributed by atoms with E-state index in [-0.39, 0.29) is 18.3 Å². The van der Waals surface area contributed by atoms with E-state index in [0.717, 1.165) is 16.3 Å². The number of fused-ring (bicyclic) bond motifs is 1. The van der Waals surface area contributed by atoms with Crippen LogP contribution in [0, 0.1) is 5.82 Å². The molecular formula is C27H19FN2O2S. The van der Waals surface area contributed by atoms with Crippen LogP contribution >= 0.6 is 11.3 Å². The van der Waals surface area contributed by atoms with Gasteiger partial charge in [-0.05, 0) is 29.7 Å². The van der Waals surface area contributed by atoms with E-state index in [2.05, 4.69) is 10.3 Å². The second-order valence-electron chi connectivity index (χ2n) is 7.38. The fourth-order valence-corrected chi connectivity index (χ4v) is 4.47. The van der Waals surface area contributed by atoms with Gasteiger partial charge >= 0.3 is 0 Å². The number of ether oxygens (including phenoxy) is 1. The first-order chi connectivity index (χ1) is 16.2. The van der Waals surface area contributed by atoms with Gasteiger partial charge in [-0.15, -0.1) is 11.3 Å². The predicted molar refractivity (Wildman–Crippen MR) is 131 cm³/mol. The Balaban J connectivity index is 1.33. The van der Waals surface area contributed by atoms with Crippen molar-refractivity contribution in [2.24, 2.45) is 0 Å². The van der Waals surface area contributed by atoms with Crippen LogP contribution in [0.2, 0.25) is 0 Å². The van der Waals surface area contributed by atoms with Gasteiger partial charge in [0.25, 0.3) is 5.91 Å². The van der Waals surface area contributed by atoms with E-state index in [1.165, 1.54) is 17.4 Å². The number of amides is 1. The number of hydrogen-bond donors (Lipinski definition) is 1. The molecule has 5 rings (SSSR count). The SMILES string of the molecule is O=C(COc1cccc2ccccc12)Nc1ccccc1-c1csc(-c2ccccc2F)n1. The van der Waals surface area contributed by atoms with E-state index < -0.39 is 0 Å². The average molecular weight is 455 g/mol. The molecule has 33 heavy (non-hydrogen) atoms. The third kappa shape index (κ3) is 4.47. The van der Waals surface area contributed by atoms with Crippen molar-refractivity contribution in [3.05, 3.63) is 102 Å². The van der Waals surface area contributed by atoms with Crippen LogP contribution in [0.1, 0.15) is 0 Å². The number of hydrogen-bond acceptors (Lipinski definition) is 4. The fourth-order valence-electron chi connectivity index (χ4n) is 3.62. The van der Waals surface area contributed by atoms with Crippen molar-refractivity contribution in [1.29, 1.82) is 0 Å². The van der Waals surface area contributed by atoms with Gasteiger partial charge in [-0.1, -0.05) is 66.7 Å². The molecule has 0 aliphatic rings. The van der Waals surface area contributed by atoms with Gasteiger partial charge in [0.05, 0.1) is 11.4 Å². The summed E-state index contributed by atoms with van der Waals surface area (Å²) in [5, 5.41) is 7.37. The van der Waals surface area contributed by atoms with Crippen LogP contribution in [0.5, 0.6) is 5.75 Å². The lowest BCUT2D eigenvalue weighted by atomic mass is 10.1. The summed E-state index contributed by atoms with van der Waals surface area (Å²) in [7, 11) is 0. The minimum Gasteiger partial charge on any atom is -0.483 e. The first kappa shape index (κ1) is 20.8. The van der Waals surface area contributed by atoms with Crippen LogP contribution in [0.3, 0.4) is 0 Å². The van der Waals surface area contributed by atoms with Gasteiger partial charge in [0.2, 0.25) is 0 Å². The Morgan fingerprint density at radius 3 is 2.48 bits per heavy atom. The van der Waals surface area contributed by atoms with Gasteiger partial charge < -0.3 is 10.1 Å². The maximum absolute atomic E-state index is 14.2. The topological polar surface area (TPSA) is 51.2 Å². The lowest BCUT2D eigenvalue weighted by Crippen LogP contribution is -2.20. The molecular weight excluding hydrogens is 435 g/mol. The smallest absolute Gasteiger partial charge is 0.262 e. The molecule has 4 nitrogen and oxygen atoms in total. The molecule has 0 saturated heterocycles. The van der Waals surface area contributed by atoms with Crippen molar-refractivity contribution in [3.8, 4) is 27.6 Å². The number of aromatic nitrogens is 1. The number of halogens is 1. The maximum Gasteiger partial charge on any atom is 0.262 e. The molecule has 5 aromatic rings. The Labute approximate surface area is 194 Å². The summed E-state index contributed by atoms with van der Waals surface area (Å²) in [6, 6.07) is 27.6. The largest absolute Gasteiger partial charge is 0.483 e. The van der Waals surface area contributed by atoms with Crippen molar-refractivity contribution in [3.63, 3.8) is 0 Å². The molecule has 0 aliphatic heterocycles. The van der Waals surface area contributed by atoms with Crippen LogP contribution in [-0.4, -0.2) is 17.5 Å². The number of para-hydroxylation sites is 1. The predicted octanol–water partition coefficient (Wildman–Crippen LogP) is 6.79. The molecule has 6 heteroatoms. The molecule has 0 aliphatic carbocycles. The van der Waals surface area contributed by atoms with Crippen molar-refractivity contribution in [1.82, 2.24) is 4.98 Å². The van der Waals surface area contributed by atoms with Crippen molar-refractivity contribution >= 4 is 33.7 Å². The van der Waals surface area contributed by atoms with Crippen LogP contribution in [0.4, 0.5) is 10.1 Å². The molecule has 1 heterocycles. The van der Waals surface area contributed by atoms with Gasteiger partial charge in [0, 0.05) is 21.9 Å². The number of anilines is 1. The second kappa shape index (κ2) is 9.22. The molecule has 1 amide bonds. The Bertz CT molecular complexity index is 1440. The maximum atomic E-state index is 14.2. The first-order valence-electron chi connectivity index (χ1n) is 10.4. The van der Waals surface area contributed by atoms with Crippen molar-refractivity contribution in [2.75, 3.05) is 11.9 Å². The highest BCUT2D eigenvalue weighted by Gasteiger charge is 2.14. The number of carbonyl (C=O) groups excluding carboxylic acids is 1. The zero-order chi connectivity index (χ0) is 22.6. The van der Waals surface area contributed by atoms with E-state index in [0.29, 0.717) is 27.7 Å². The third-order valence-corrected chi connectivity index (χ3v) is 6.07. The van der Waals surface area contributed by atoms with Crippen LogP contribution < -0.4 is 10.1 Å². The number of thiazole rings is 1. The summed E-state index contributed by atoms with van der Waals surface area (Å²) >= 11 is 1.36.